The fraction of sp³-hybridized carbons (Fsp3) is 0.857. The molecule has 0 aromatic heterocycles. The van der Waals surface area contributed by atoms with E-state index in [1.165, 1.54) is 0 Å². The maximum atomic E-state index is 11.6. The van der Waals surface area contributed by atoms with Crippen molar-refractivity contribution in [2.24, 2.45) is 0 Å². The van der Waals surface area contributed by atoms with Crippen molar-refractivity contribution in [1.29, 1.82) is 0 Å². The average molecular weight is 214 g/mol. The van der Waals surface area contributed by atoms with Crippen LogP contribution in [0.3, 0.4) is 0 Å². The molecule has 0 aromatic rings. The van der Waals surface area contributed by atoms with Gasteiger partial charge in [0, 0.05) is 12.6 Å². The topological polar surface area (TPSA) is 61.4 Å². The number of aliphatic hydroxyl groups excluding tert-OH is 1. The second-order valence-corrected chi connectivity index (χ2v) is 2.86. The third-order valence-electron chi connectivity index (χ3n) is 1.39. The first-order valence-electron chi connectivity index (χ1n) is 4.07. The predicted octanol–water partition coefficient (Wildman–Crippen LogP) is 0.619. The molecule has 0 spiro atoms. The van der Waals surface area contributed by atoms with Crippen LogP contribution in [0.5, 0.6) is 0 Å². The zero-order chi connectivity index (χ0) is 11.2. The maximum absolute atomic E-state index is 11.6. The van der Waals surface area contributed by atoms with E-state index in [0.29, 0.717) is 6.42 Å². The van der Waals surface area contributed by atoms with Gasteiger partial charge in [-0.25, -0.2) is 4.79 Å². The van der Waals surface area contributed by atoms with Crippen molar-refractivity contribution in [3.63, 3.8) is 0 Å². The number of nitrogens with one attached hydrogen (secondary N) is 2. The van der Waals surface area contributed by atoms with Gasteiger partial charge in [0.15, 0.2) is 0 Å². The van der Waals surface area contributed by atoms with Crippen LogP contribution in [0.25, 0.3) is 0 Å². The van der Waals surface area contributed by atoms with Crippen molar-refractivity contribution >= 4 is 6.03 Å². The molecule has 14 heavy (non-hydrogen) atoms. The predicted molar refractivity (Wildman–Crippen MR) is 43.8 cm³/mol. The summed E-state index contributed by atoms with van der Waals surface area (Å²) in [6.07, 6.45) is -4.10. The van der Waals surface area contributed by atoms with E-state index in [1.54, 1.807) is 12.2 Å². The van der Waals surface area contributed by atoms with Gasteiger partial charge in [0.2, 0.25) is 0 Å². The van der Waals surface area contributed by atoms with Crippen molar-refractivity contribution in [1.82, 2.24) is 10.6 Å². The number of carbonyl (C=O) groups excluding carboxylic acids is 1. The minimum absolute atomic E-state index is 0.124. The summed E-state index contributed by atoms with van der Waals surface area (Å²) in [5.74, 6) is 0. The summed E-state index contributed by atoms with van der Waals surface area (Å²) >= 11 is 0. The van der Waals surface area contributed by atoms with E-state index in [4.69, 9.17) is 5.11 Å². The lowest BCUT2D eigenvalue weighted by Crippen LogP contribution is -2.44. The third-order valence-corrected chi connectivity index (χ3v) is 1.39. The Morgan fingerprint density at radius 3 is 2.50 bits per heavy atom. The van der Waals surface area contributed by atoms with Gasteiger partial charge >= 0.3 is 12.2 Å². The molecule has 3 N–H and O–H groups in total. The Balaban J connectivity index is 3.65. The fourth-order valence-corrected chi connectivity index (χ4v) is 0.721. The first kappa shape index (κ1) is 13.0. The van der Waals surface area contributed by atoms with E-state index in [0.717, 1.165) is 0 Å². The fourth-order valence-electron chi connectivity index (χ4n) is 0.721. The zero-order valence-electron chi connectivity index (χ0n) is 7.69. The summed E-state index contributed by atoms with van der Waals surface area (Å²) in [7, 11) is 0. The van der Waals surface area contributed by atoms with Crippen LogP contribution < -0.4 is 10.6 Å². The average Bonchev–Trinajstić information content (AvgIpc) is 2.00. The van der Waals surface area contributed by atoms with Crippen molar-refractivity contribution < 1.29 is 23.1 Å². The molecule has 4 nitrogen and oxygen atoms in total. The molecular formula is C7H13F3N2O2. The summed E-state index contributed by atoms with van der Waals surface area (Å²) in [5, 5.41) is 12.4. The molecular weight excluding hydrogens is 201 g/mol. The second kappa shape index (κ2) is 5.69. The molecule has 0 radical (unpaired) electrons. The van der Waals surface area contributed by atoms with E-state index >= 15 is 0 Å². The normalized spacial score (nSPS) is 13.5. The van der Waals surface area contributed by atoms with Gasteiger partial charge in [0.1, 0.15) is 6.54 Å². The standard InChI is InChI=1S/C7H13F3N2O2/c1-5(2-3-13)12-6(14)11-4-7(8,9)10/h5,13H,2-4H2,1H3,(H2,11,12,14)/t5-/m1/s1. The van der Waals surface area contributed by atoms with Crippen molar-refractivity contribution in [3.8, 4) is 0 Å². The zero-order valence-corrected chi connectivity index (χ0v) is 7.69. The number of hydrogen-bond acceptors (Lipinski definition) is 2. The van der Waals surface area contributed by atoms with Crippen LogP contribution in [0.15, 0.2) is 0 Å². The van der Waals surface area contributed by atoms with Crippen LogP contribution >= 0.6 is 0 Å². The van der Waals surface area contributed by atoms with Gasteiger partial charge in [-0.3, -0.25) is 0 Å². The van der Waals surface area contributed by atoms with Crippen LogP contribution in [0.1, 0.15) is 13.3 Å². The highest BCUT2D eigenvalue weighted by Gasteiger charge is 2.27. The van der Waals surface area contributed by atoms with E-state index < -0.39 is 18.8 Å². The molecule has 0 aliphatic carbocycles. The Morgan fingerprint density at radius 1 is 1.50 bits per heavy atom. The number of amides is 2. The number of rotatable bonds is 4. The van der Waals surface area contributed by atoms with Gasteiger partial charge in [0.05, 0.1) is 0 Å². The summed E-state index contributed by atoms with van der Waals surface area (Å²) < 4.78 is 34.9. The molecule has 0 unspecified atom stereocenters. The van der Waals surface area contributed by atoms with Crippen LogP contribution in [-0.4, -0.2) is 36.5 Å². The van der Waals surface area contributed by atoms with Gasteiger partial charge in [-0.15, -0.1) is 0 Å². The van der Waals surface area contributed by atoms with Crippen molar-refractivity contribution in [3.05, 3.63) is 0 Å². The minimum atomic E-state index is -4.41. The lowest BCUT2D eigenvalue weighted by molar-refractivity contribution is -0.122. The van der Waals surface area contributed by atoms with Gasteiger partial charge in [-0.1, -0.05) is 0 Å². The summed E-state index contributed by atoms with van der Waals surface area (Å²) in [5.41, 5.74) is 0. The summed E-state index contributed by atoms with van der Waals surface area (Å²) in [4.78, 5) is 10.8. The number of urea groups is 1. The van der Waals surface area contributed by atoms with Crippen molar-refractivity contribution in [2.45, 2.75) is 25.6 Å². The lowest BCUT2D eigenvalue weighted by atomic mass is 10.2. The number of alkyl halides is 3. The Kier molecular flexibility index (Phi) is 5.29. The highest BCUT2D eigenvalue weighted by molar-refractivity contribution is 5.74. The molecule has 0 aliphatic heterocycles. The van der Waals surface area contributed by atoms with E-state index in [-0.39, 0.29) is 12.6 Å². The van der Waals surface area contributed by atoms with Crippen LogP contribution in [0.2, 0.25) is 0 Å². The highest BCUT2D eigenvalue weighted by atomic mass is 19.4. The molecule has 0 rings (SSSR count). The third kappa shape index (κ3) is 7.66. The SMILES string of the molecule is C[C@H](CCO)NC(=O)NCC(F)(F)F. The highest BCUT2D eigenvalue weighted by Crippen LogP contribution is 2.11. The Bertz CT molecular complexity index is 184. The van der Waals surface area contributed by atoms with Gasteiger partial charge < -0.3 is 15.7 Å². The van der Waals surface area contributed by atoms with Crippen LogP contribution in [0.4, 0.5) is 18.0 Å². The number of carbonyl (C=O) groups is 1. The molecule has 2 amide bonds. The van der Waals surface area contributed by atoms with Gasteiger partial charge in [0.25, 0.3) is 0 Å². The molecule has 0 aromatic carbocycles. The van der Waals surface area contributed by atoms with Gasteiger partial charge in [-0.05, 0) is 13.3 Å². The molecule has 0 bridgehead atoms. The smallest absolute Gasteiger partial charge is 0.396 e. The Morgan fingerprint density at radius 2 is 2.07 bits per heavy atom. The number of halogens is 3. The quantitative estimate of drug-likeness (QED) is 0.642. The molecule has 7 heteroatoms. The number of hydrogen-bond donors (Lipinski definition) is 3. The summed E-state index contributed by atoms with van der Waals surface area (Å²) in [6, 6.07) is -1.24. The van der Waals surface area contributed by atoms with E-state index in [9.17, 15) is 18.0 Å². The molecule has 0 fully saturated rings. The first-order valence-corrected chi connectivity index (χ1v) is 4.07. The molecule has 84 valence electrons. The van der Waals surface area contributed by atoms with Crippen LogP contribution in [0, 0.1) is 0 Å². The largest absolute Gasteiger partial charge is 0.405 e. The second-order valence-electron chi connectivity index (χ2n) is 2.86. The van der Waals surface area contributed by atoms with Gasteiger partial charge in [-0.2, -0.15) is 13.2 Å². The lowest BCUT2D eigenvalue weighted by Gasteiger charge is -2.14. The molecule has 0 saturated heterocycles. The molecule has 0 aliphatic rings. The Labute approximate surface area is 79.5 Å². The van der Waals surface area contributed by atoms with Crippen molar-refractivity contribution in [2.75, 3.05) is 13.2 Å². The summed E-state index contributed by atoms with van der Waals surface area (Å²) in [6.45, 7) is 0.106. The number of aliphatic hydroxyl groups is 1. The van der Waals surface area contributed by atoms with Crippen LogP contribution in [-0.2, 0) is 0 Å². The van der Waals surface area contributed by atoms with E-state index in [2.05, 4.69) is 5.32 Å². The van der Waals surface area contributed by atoms with E-state index in [1.807, 2.05) is 0 Å². The Hall–Kier alpha value is -0.980. The first-order chi connectivity index (χ1) is 6.35. The molecule has 0 heterocycles. The molecule has 1 atom stereocenters. The maximum Gasteiger partial charge on any atom is 0.405 e. The monoisotopic (exact) mass is 214 g/mol. The minimum Gasteiger partial charge on any atom is -0.396 e. The molecule has 0 saturated carbocycles.